The molecule has 0 radical (unpaired) electrons. The van der Waals surface area contributed by atoms with Crippen LogP contribution in [-0.4, -0.2) is 0 Å². The van der Waals surface area contributed by atoms with Crippen molar-refractivity contribution < 1.29 is 8.83 Å². The second-order valence-corrected chi connectivity index (χ2v) is 12.1. The predicted octanol–water partition coefficient (Wildman–Crippen LogP) is 12.8. The maximum atomic E-state index is 6.46. The quantitative estimate of drug-likeness (QED) is 0.193. The molecule has 0 aliphatic carbocycles. The van der Waals surface area contributed by atoms with Gasteiger partial charge in [0.25, 0.3) is 0 Å². The first-order chi connectivity index (χ1) is 22.8. The highest BCUT2D eigenvalue weighted by atomic mass is 16.3. The fourth-order valence-electron chi connectivity index (χ4n) is 7.39. The van der Waals surface area contributed by atoms with Gasteiger partial charge in [0, 0.05) is 21.7 Å². The molecule has 0 atom stereocenters. The molecule has 0 unspecified atom stereocenters. The van der Waals surface area contributed by atoms with Gasteiger partial charge in [0.1, 0.15) is 16.7 Å². The molecule has 2 heterocycles. The minimum absolute atomic E-state index is 0.857. The van der Waals surface area contributed by atoms with Crippen molar-refractivity contribution in [2.45, 2.75) is 0 Å². The maximum Gasteiger partial charge on any atom is 0.136 e. The van der Waals surface area contributed by atoms with Gasteiger partial charge >= 0.3 is 0 Å². The Morgan fingerprint density at radius 1 is 0.326 bits per heavy atom. The smallest absolute Gasteiger partial charge is 0.136 e. The Morgan fingerprint density at radius 2 is 0.891 bits per heavy atom. The summed E-state index contributed by atoms with van der Waals surface area (Å²) in [6, 6.07) is 54.3. The number of hydrogen-bond acceptors (Lipinski definition) is 2. The minimum Gasteiger partial charge on any atom is -0.464 e. The Hall–Kier alpha value is -6.12. The number of rotatable bonds is 3. The van der Waals surface area contributed by atoms with Crippen LogP contribution < -0.4 is 0 Å². The van der Waals surface area contributed by atoms with E-state index in [2.05, 4.69) is 146 Å². The summed E-state index contributed by atoms with van der Waals surface area (Å²) in [7, 11) is 0. The summed E-state index contributed by atoms with van der Waals surface area (Å²) in [5.41, 5.74) is 9.68. The van der Waals surface area contributed by atoms with E-state index in [1.807, 2.05) is 12.3 Å². The third-order valence-corrected chi connectivity index (χ3v) is 9.51. The van der Waals surface area contributed by atoms with E-state index < -0.39 is 0 Å². The monoisotopic (exact) mass is 586 g/mol. The molecule has 8 aromatic carbocycles. The lowest BCUT2D eigenvalue weighted by atomic mass is 9.85. The fraction of sp³-hybridized carbons (Fsp3) is 0. The van der Waals surface area contributed by atoms with Crippen molar-refractivity contribution in [3.63, 3.8) is 0 Å². The lowest BCUT2D eigenvalue weighted by molar-refractivity contribution is 0.617. The number of benzene rings is 8. The van der Waals surface area contributed by atoms with Gasteiger partial charge < -0.3 is 8.83 Å². The van der Waals surface area contributed by atoms with E-state index in [1.54, 1.807) is 0 Å². The van der Waals surface area contributed by atoms with Gasteiger partial charge in [-0.3, -0.25) is 0 Å². The third kappa shape index (κ3) is 3.71. The van der Waals surface area contributed by atoms with Crippen LogP contribution in [0.2, 0.25) is 0 Å². The molecule has 2 heteroatoms. The molecule has 0 bridgehead atoms. The zero-order valence-electron chi connectivity index (χ0n) is 24.8. The van der Waals surface area contributed by atoms with Gasteiger partial charge in [-0.1, -0.05) is 121 Å². The first-order valence-corrected chi connectivity index (χ1v) is 15.7. The zero-order chi connectivity index (χ0) is 30.2. The second kappa shape index (κ2) is 9.69. The lowest BCUT2D eigenvalue weighted by Gasteiger charge is -2.18. The number of furan rings is 2. The van der Waals surface area contributed by atoms with Crippen molar-refractivity contribution in [2.75, 3.05) is 0 Å². The van der Waals surface area contributed by atoms with Crippen LogP contribution in [0.5, 0.6) is 0 Å². The molecule has 214 valence electrons. The van der Waals surface area contributed by atoms with Crippen LogP contribution >= 0.6 is 0 Å². The Bertz CT molecular complexity index is 2740. The van der Waals surface area contributed by atoms with Gasteiger partial charge in [0.15, 0.2) is 0 Å². The second-order valence-electron chi connectivity index (χ2n) is 12.1. The van der Waals surface area contributed by atoms with Crippen molar-refractivity contribution in [3.8, 4) is 33.4 Å². The molecule has 2 nitrogen and oxygen atoms in total. The van der Waals surface area contributed by atoms with Crippen molar-refractivity contribution >= 4 is 65.2 Å². The fourth-order valence-corrected chi connectivity index (χ4v) is 7.39. The van der Waals surface area contributed by atoms with E-state index >= 15 is 0 Å². The van der Waals surface area contributed by atoms with Crippen LogP contribution in [-0.2, 0) is 0 Å². The van der Waals surface area contributed by atoms with Crippen molar-refractivity contribution in [1.82, 2.24) is 0 Å². The Labute approximate surface area is 264 Å². The highest BCUT2D eigenvalue weighted by Gasteiger charge is 2.19. The van der Waals surface area contributed by atoms with Crippen LogP contribution in [0.4, 0.5) is 0 Å². The SMILES string of the molecule is c1ccc(-c2coc3cc4c(cc23)oc2ccc(-c3c5ccccc5c(-c5ccc6ccccc6c5)c5ccccc35)cc24)cc1. The minimum atomic E-state index is 0.857. The molecule has 0 saturated carbocycles. The molecule has 0 saturated heterocycles. The van der Waals surface area contributed by atoms with E-state index in [9.17, 15) is 0 Å². The molecule has 0 spiro atoms. The van der Waals surface area contributed by atoms with E-state index in [-0.39, 0.29) is 0 Å². The molecule has 0 aliphatic rings. The summed E-state index contributed by atoms with van der Waals surface area (Å²) >= 11 is 0. The van der Waals surface area contributed by atoms with Gasteiger partial charge in [-0.2, -0.15) is 0 Å². The molecule has 10 aromatic rings. The summed E-state index contributed by atoms with van der Waals surface area (Å²) in [4.78, 5) is 0. The summed E-state index contributed by atoms with van der Waals surface area (Å²) in [6.07, 6.45) is 1.85. The topological polar surface area (TPSA) is 26.3 Å². The predicted molar refractivity (Wildman–Crippen MR) is 192 cm³/mol. The molecule has 0 fully saturated rings. The molecule has 0 aliphatic heterocycles. The zero-order valence-corrected chi connectivity index (χ0v) is 24.8. The van der Waals surface area contributed by atoms with E-state index in [0.717, 1.165) is 49.6 Å². The molecule has 0 N–H and O–H groups in total. The van der Waals surface area contributed by atoms with Crippen LogP contribution in [0, 0.1) is 0 Å². The summed E-state index contributed by atoms with van der Waals surface area (Å²) < 4.78 is 12.6. The van der Waals surface area contributed by atoms with E-state index in [1.165, 1.54) is 49.0 Å². The highest BCUT2D eigenvalue weighted by Crippen LogP contribution is 2.45. The van der Waals surface area contributed by atoms with Crippen LogP contribution in [0.1, 0.15) is 0 Å². The third-order valence-electron chi connectivity index (χ3n) is 9.51. The normalized spacial score (nSPS) is 11.9. The lowest BCUT2D eigenvalue weighted by Crippen LogP contribution is -1.91. The largest absolute Gasteiger partial charge is 0.464 e. The van der Waals surface area contributed by atoms with Crippen LogP contribution in [0.3, 0.4) is 0 Å². The Kier molecular flexibility index (Phi) is 5.31. The maximum absolute atomic E-state index is 6.46. The van der Waals surface area contributed by atoms with E-state index in [4.69, 9.17) is 8.83 Å². The van der Waals surface area contributed by atoms with Crippen LogP contribution in [0.25, 0.3) is 98.6 Å². The molecule has 0 amide bonds. The summed E-state index contributed by atoms with van der Waals surface area (Å²) in [5, 5.41) is 10.6. The standard InChI is InChI=1S/C44H26O2/c1-2-11-28(12-3-1)39-26-45-41-24-37-36-23-31(20-21-40(36)46-42(37)25-38(39)41)44-34-16-8-6-14-32(34)43(33-15-7-9-17-35(33)44)30-19-18-27-10-4-5-13-29(27)22-30/h1-26H. The van der Waals surface area contributed by atoms with Crippen molar-refractivity contribution in [1.29, 1.82) is 0 Å². The van der Waals surface area contributed by atoms with Gasteiger partial charge in [-0.15, -0.1) is 0 Å². The average molecular weight is 587 g/mol. The molecular weight excluding hydrogens is 560 g/mol. The highest BCUT2D eigenvalue weighted by molar-refractivity contribution is 6.22. The molecule has 10 rings (SSSR count). The first-order valence-electron chi connectivity index (χ1n) is 15.7. The van der Waals surface area contributed by atoms with Gasteiger partial charge in [-0.05, 0) is 90.5 Å². The summed E-state index contributed by atoms with van der Waals surface area (Å²) in [5.74, 6) is 0. The first kappa shape index (κ1) is 25.2. The van der Waals surface area contributed by atoms with Crippen molar-refractivity contribution in [2.24, 2.45) is 0 Å². The van der Waals surface area contributed by atoms with Gasteiger partial charge in [0.2, 0.25) is 0 Å². The molecule has 2 aromatic heterocycles. The summed E-state index contributed by atoms with van der Waals surface area (Å²) in [6.45, 7) is 0. The molecular formula is C44H26O2. The Balaban J connectivity index is 1.22. The number of hydrogen-bond donors (Lipinski definition) is 0. The van der Waals surface area contributed by atoms with Crippen molar-refractivity contribution in [3.05, 3.63) is 158 Å². The van der Waals surface area contributed by atoms with Gasteiger partial charge in [-0.25, -0.2) is 0 Å². The molecule has 46 heavy (non-hydrogen) atoms. The van der Waals surface area contributed by atoms with Gasteiger partial charge in [0.05, 0.1) is 6.26 Å². The van der Waals surface area contributed by atoms with Crippen LogP contribution in [0.15, 0.2) is 167 Å². The number of fused-ring (bicyclic) bond motifs is 7. The Morgan fingerprint density at radius 3 is 1.61 bits per heavy atom. The van der Waals surface area contributed by atoms with E-state index in [0.29, 0.717) is 0 Å². The average Bonchev–Trinajstić information content (AvgIpc) is 3.70.